The molecule has 0 radical (unpaired) electrons. The van der Waals surface area contributed by atoms with Gasteiger partial charge in [0.05, 0.1) is 10.8 Å². The van der Waals surface area contributed by atoms with Crippen LogP contribution >= 0.6 is 35.8 Å². The number of benzene rings is 1. The summed E-state index contributed by atoms with van der Waals surface area (Å²) in [5, 5.41) is 7.01. The lowest BCUT2D eigenvalue weighted by atomic mass is 10.1. The van der Waals surface area contributed by atoms with Gasteiger partial charge in [-0.1, -0.05) is 23.7 Å². The van der Waals surface area contributed by atoms with Crippen molar-refractivity contribution in [2.24, 2.45) is 5.92 Å². The van der Waals surface area contributed by atoms with Crippen molar-refractivity contribution in [2.45, 2.75) is 17.7 Å². The fraction of sp³-hybridized carbons (Fsp3) is 0.500. The summed E-state index contributed by atoms with van der Waals surface area (Å²) < 4.78 is 0. The smallest absolute Gasteiger partial charge is 0.230 e. The highest BCUT2D eigenvalue weighted by Gasteiger charge is 2.14. The molecular weight excluding hydrogens is 315 g/mol. The topological polar surface area (TPSA) is 41.1 Å². The Morgan fingerprint density at radius 2 is 2.25 bits per heavy atom. The second kappa shape index (κ2) is 9.50. The highest BCUT2D eigenvalue weighted by Crippen LogP contribution is 2.26. The first kappa shape index (κ1) is 17.6. The molecule has 0 aromatic heterocycles. The quantitative estimate of drug-likeness (QED) is 0.786. The van der Waals surface area contributed by atoms with Crippen molar-refractivity contribution >= 4 is 41.7 Å². The zero-order chi connectivity index (χ0) is 13.5. The maximum atomic E-state index is 11.7. The second-order valence-electron chi connectivity index (χ2n) is 4.72. The van der Waals surface area contributed by atoms with Crippen LogP contribution < -0.4 is 10.6 Å². The van der Waals surface area contributed by atoms with Gasteiger partial charge in [-0.2, -0.15) is 0 Å². The van der Waals surface area contributed by atoms with E-state index in [-0.39, 0.29) is 18.3 Å². The molecule has 1 aromatic carbocycles. The molecule has 0 bridgehead atoms. The van der Waals surface area contributed by atoms with Crippen molar-refractivity contribution < 1.29 is 4.79 Å². The molecular formula is C14H20Cl2N2OS. The Kier molecular flexibility index (Phi) is 8.38. The number of thioether (sulfide) groups is 1. The van der Waals surface area contributed by atoms with Crippen LogP contribution in [0.2, 0.25) is 5.02 Å². The van der Waals surface area contributed by atoms with Crippen molar-refractivity contribution in [2.75, 3.05) is 25.4 Å². The fourth-order valence-electron chi connectivity index (χ4n) is 2.13. The van der Waals surface area contributed by atoms with Crippen LogP contribution in [0.15, 0.2) is 29.2 Å². The zero-order valence-electron chi connectivity index (χ0n) is 11.2. The van der Waals surface area contributed by atoms with Crippen LogP contribution in [0.4, 0.5) is 0 Å². The Hall–Kier alpha value is -0.420. The van der Waals surface area contributed by atoms with E-state index in [1.165, 1.54) is 18.2 Å². The SMILES string of the molecule is Cl.O=C(CSc1ccccc1Cl)NCCC1CCNC1. The summed E-state index contributed by atoms with van der Waals surface area (Å²) in [6.07, 6.45) is 2.29. The summed E-state index contributed by atoms with van der Waals surface area (Å²) in [6, 6.07) is 7.60. The van der Waals surface area contributed by atoms with Crippen LogP contribution in [0.1, 0.15) is 12.8 Å². The molecule has 1 aromatic rings. The Labute approximate surface area is 135 Å². The van der Waals surface area contributed by atoms with Crippen molar-refractivity contribution in [3.63, 3.8) is 0 Å². The molecule has 6 heteroatoms. The number of rotatable bonds is 6. The zero-order valence-corrected chi connectivity index (χ0v) is 13.6. The molecule has 1 fully saturated rings. The van der Waals surface area contributed by atoms with Gasteiger partial charge in [-0.15, -0.1) is 24.2 Å². The maximum absolute atomic E-state index is 11.7. The van der Waals surface area contributed by atoms with Crippen molar-refractivity contribution in [3.8, 4) is 0 Å². The lowest BCUT2D eigenvalue weighted by molar-refractivity contribution is -0.118. The highest BCUT2D eigenvalue weighted by atomic mass is 35.5. The van der Waals surface area contributed by atoms with Crippen LogP contribution in [-0.4, -0.2) is 31.3 Å². The molecule has 0 aliphatic carbocycles. The maximum Gasteiger partial charge on any atom is 0.230 e. The number of nitrogens with one attached hydrogen (secondary N) is 2. The van der Waals surface area contributed by atoms with Gasteiger partial charge in [-0.3, -0.25) is 4.79 Å². The molecule has 2 N–H and O–H groups in total. The van der Waals surface area contributed by atoms with Crippen molar-refractivity contribution in [1.82, 2.24) is 10.6 Å². The van der Waals surface area contributed by atoms with Gasteiger partial charge in [-0.05, 0) is 44.0 Å². The van der Waals surface area contributed by atoms with Crippen molar-refractivity contribution in [1.29, 1.82) is 0 Å². The van der Waals surface area contributed by atoms with E-state index in [1.807, 2.05) is 24.3 Å². The molecule has 1 heterocycles. The Bertz CT molecular complexity index is 425. The monoisotopic (exact) mass is 334 g/mol. The van der Waals surface area contributed by atoms with E-state index < -0.39 is 0 Å². The fourth-order valence-corrected chi connectivity index (χ4v) is 3.20. The van der Waals surface area contributed by atoms with Gasteiger partial charge < -0.3 is 10.6 Å². The largest absolute Gasteiger partial charge is 0.355 e. The Morgan fingerprint density at radius 1 is 1.45 bits per heavy atom. The second-order valence-corrected chi connectivity index (χ2v) is 6.14. The number of carbonyl (C=O) groups is 1. The van der Waals surface area contributed by atoms with Gasteiger partial charge >= 0.3 is 0 Å². The van der Waals surface area contributed by atoms with E-state index in [1.54, 1.807) is 0 Å². The number of halogens is 2. The van der Waals surface area contributed by atoms with Crippen molar-refractivity contribution in [3.05, 3.63) is 29.3 Å². The summed E-state index contributed by atoms with van der Waals surface area (Å²) in [7, 11) is 0. The molecule has 1 aliphatic heterocycles. The predicted molar refractivity (Wildman–Crippen MR) is 88.0 cm³/mol. The van der Waals surface area contributed by atoms with E-state index >= 15 is 0 Å². The Morgan fingerprint density at radius 3 is 2.95 bits per heavy atom. The van der Waals surface area contributed by atoms with Crippen LogP contribution in [0.5, 0.6) is 0 Å². The van der Waals surface area contributed by atoms with E-state index in [0.29, 0.717) is 10.8 Å². The first-order valence-corrected chi connectivity index (χ1v) is 7.97. The molecule has 2 rings (SSSR count). The van der Waals surface area contributed by atoms with Crippen LogP contribution in [0.3, 0.4) is 0 Å². The summed E-state index contributed by atoms with van der Waals surface area (Å²) in [6.45, 7) is 2.97. The van der Waals surface area contributed by atoms with E-state index in [0.717, 1.165) is 36.9 Å². The summed E-state index contributed by atoms with van der Waals surface area (Å²) >= 11 is 7.52. The molecule has 112 valence electrons. The van der Waals surface area contributed by atoms with Gasteiger partial charge in [0.15, 0.2) is 0 Å². The number of hydrogen-bond donors (Lipinski definition) is 2. The minimum absolute atomic E-state index is 0. The average molecular weight is 335 g/mol. The lowest BCUT2D eigenvalue weighted by Gasteiger charge is -2.09. The number of amides is 1. The highest BCUT2D eigenvalue weighted by molar-refractivity contribution is 8.00. The third-order valence-corrected chi connectivity index (χ3v) is 4.75. The third-order valence-electron chi connectivity index (χ3n) is 3.23. The van der Waals surface area contributed by atoms with Crippen LogP contribution in [-0.2, 0) is 4.79 Å². The molecule has 1 aliphatic rings. The predicted octanol–water partition coefficient (Wildman–Crippen LogP) is 2.97. The molecule has 0 spiro atoms. The third kappa shape index (κ3) is 5.92. The summed E-state index contributed by atoms with van der Waals surface area (Å²) in [4.78, 5) is 12.7. The summed E-state index contributed by atoms with van der Waals surface area (Å²) in [5.74, 6) is 1.22. The molecule has 0 saturated carbocycles. The normalized spacial score (nSPS) is 17.6. The van der Waals surface area contributed by atoms with Crippen LogP contribution in [0.25, 0.3) is 0 Å². The van der Waals surface area contributed by atoms with Crippen LogP contribution in [0, 0.1) is 5.92 Å². The molecule has 1 saturated heterocycles. The van der Waals surface area contributed by atoms with E-state index in [2.05, 4.69) is 10.6 Å². The standard InChI is InChI=1S/C14H19ClN2OS.ClH/c15-12-3-1-2-4-13(12)19-10-14(18)17-8-6-11-5-7-16-9-11;/h1-4,11,16H,5-10H2,(H,17,18);1H. The lowest BCUT2D eigenvalue weighted by Crippen LogP contribution is -2.27. The molecule has 20 heavy (non-hydrogen) atoms. The average Bonchev–Trinajstić information content (AvgIpc) is 2.91. The molecule has 1 amide bonds. The van der Waals surface area contributed by atoms with Gasteiger partial charge in [0.2, 0.25) is 5.91 Å². The molecule has 1 unspecified atom stereocenters. The van der Waals surface area contributed by atoms with Gasteiger partial charge in [0, 0.05) is 11.4 Å². The van der Waals surface area contributed by atoms with E-state index in [4.69, 9.17) is 11.6 Å². The van der Waals surface area contributed by atoms with Gasteiger partial charge in [0.25, 0.3) is 0 Å². The minimum atomic E-state index is 0. The number of hydrogen-bond acceptors (Lipinski definition) is 3. The molecule has 3 nitrogen and oxygen atoms in total. The first-order chi connectivity index (χ1) is 9.25. The van der Waals surface area contributed by atoms with Gasteiger partial charge in [-0.25, -0.2) is 0 Å². The first-order valence-electron chi connectivity index (χ1n) is 6.60. The summed E-state index contributed by atoms with van der Waals surface area (Å²) in [5.41, 5.74) is 0. The van der Waals surface area contributed by atoms with Gasteiger partial charge in [0.1, 0.15) is 0 Å². The number of carbonyl (C=O) groups excluding carboxylic acids is 1. The molecule has 1 atom stereocenters. The van der Waals surface area contributed by atoms with E-state index in [9.17, 15) is 4.79 Å². The minimum Gasteiger partial charge on any atom is -0.355 e. The Balaban J connectivity index is 0.00000200.